The summed E-state index contributed by atoms with van der Waals surface area (Å²) < 4.78 is 13.2. The van der Waals surface area contributed by atoms with Gasteiger partial charge in [-0.05, 0) is 49.8 Å². The minimum absolute atomic E-state index is 0.287. The Balaban J connectivity index is 1.64. The van der Waals surface area contributed by atoms with E-state index in [4.69, 9.17) is 0 Å². The minimum Gasteiger partial charge on any atom is -0.324 e. The van der Waals surface area contributed by atoms with Gasteiger partial charge in [0.2, 0.25) is 5.91 Å². The molecule has 1 saturated carbocycles. The van der Waals surface area contributed by atoms with Gasteiger partial charge in [0.1, 0.15) is 17.9 Å². The topological polar surface area (TPSA) is 78.5 Å². The van der Waals surface area contributed by atoms with Gasteiger partial charge in [-0.25, -0.2) is 9.18 Å². The molecule has 7 heteroatoms. The Morgan fingerprint density at radius 1 is 1.36 bits per heavy atom. The van der Waals surface area contributed by atoms with Gasteiger partial charge in [0.25, 0.3) is 5.91 Å². The lowest BCUT2D eigenvalue weighted by molar-refractivity contribution is -0.135. The molecule has 1 spiro atoms. The molecule has 0 aromatic heterocycles. The molecule has 0 atom stereocenters. The van der Waals surface area contributed by atoms with Crippen LogP contribution in [0.25, 0.3) is 0 Å². The Morgan fingerprint density at radius 2 is 2.08 bits per heavy atom. The molecule has 2 aliphatic rings. The molecular weight excluding hydrogens is 325 g/mol. The molecule has 1 aromatic rings. The van der Waals surface area contributed by atoms with E-state index in [1.165, 1.54) is 18.2 Å². The van der Waals surface area contributed by atoms with Gasteiger partial charge in [0.15, 0.2) is 0 Å². The zero-order valence-electron chi connectivity index (χ0n) is 14.2. The second-order valence-electron chi connectivity index (χ2n) is 6.81. The first-order valence-corrected chi connectivity index (χ1v) is 8.63. The van der Waals surface area contributed by atoms with E-state index in [2.05, 4.69) is 17.6 Å². The van der Waals surface area contributed by atoms with Crippen molar-refractivity contribution in [3.05, 3.63) is 30.1 Å². The van der Waals surface area contributed by atoms with Crippen LogP contribution in [0.4, 0.5) is 14.9 Å². The average Bonchev–Trinajstić information content (AvgIpc) is 2.80. The summed E-state index contributed by atoms with van der Waals surface area (Å²) in [6, 6.07) is 4.93. The van der Waals surface area contributed by atoms with E-state index < -0.39 is 23.3 Å². The highest BCUT2D eigenvalue weighted by atomic mass is 19.1. The highest BCUT2D eigenvalue weighted by molar-refractivity contribution is 6.10. The maximum absolute atomic E-state index is 13.2. The van der Waals surface area contributed by atoms with Gasteiger partial charge < -0.3 is 10.6 Å². The third-order valence-electron chi connectivity index (χ3n) is 5.19. The molecule has 3 rings (SSSR count). The van der Waals surface area contributed by atoms with Gasteiger partial charge >= 0.3 is 6.03 Å². The fourth-order valence-corrected chi connectivity index (χ4v) is 3.65. The van der Waals surface area contributed by atoms with Gasteiger partial charge in [-0.1, -0.05) is 19.4 Å². The van der Waals surface area contributed by atoms with Crippen molar-refractivity contribution in [3.63, 3.8) is 0 Å². The molecule has 0 unspecified atom stereocenters. The number of nitrogens with zero attached hydrogens (tertiary/aromatic N) is 1. The lowest BCUT2D eigenvalue weighted by Gasteiger charge is -2.34. The molecule has 0 bridgehead atoms. The molecule has 1 aromatic carbocycles. The summed E-state index contributed by atoms with van der Waals surface area (Å²) in [6.45, 7) is 1.75. The maximum atomic E-state index is 13.2. The highest BCUT2D eigenvalue weighted by Crippen LogP contribution is 2.37. The molecule has 1 aliphatic carbocycles. The molecule has 2 fully saturated rings. The molecular formula is C18H22FN3O3. The van der Waals surface area contributed by atoms with E-state index in [0.717, 1.165) is 24.2 Å². The number of hydrogen-bond acceptors (Lipinski definition) is 3. The molecule has 1 saturated heterocycles. The fourth-order valence-electron chi connectivity index (χ4n) is 3.65. The summed E-state index contributed by atoms with van der Waals surface area (Å²) >= 11 is 0. The van der Waals surface area contributed by atoms with E-state index >= 15 is 0 Å². The molecule has 25 heavy (non-hydrogen) atoms. The van der Waals surface area contributed by atoms with Gasteiger partial charge in [-0.2, -0.15) is 0 Å². The lowest BCUT2D eigenvalue weighted by atomic mass is 9.75. The number of hydrogen-bond donors (Lipinski definition) is 2. The van der Waals surface area contributed by atoms with Crippen LogP contribution in [0.15, 0.2) is 24.3 Å². The predicted octanol–water partition coefficient (Wildman–Crippen LogP) is 2.66. The van der Waals surface area contributed by atoms with Gasteiger partial charge in [-0.3, -0.25) is 14.5 Å². The van der Waals surface area contributed by atoms with Crippen molar-refractivity contribution in [1.29, 1.82) is 0 Å². The Hall–Kier alpha value is -2.44. The molecule has 1 aliphatic heterocycles. The number of nitrogens with one attached hydrogen (secondary N) is 2. The van der Waals surface area contributed by atoms with Crippen molar-refractivity contribution < 1.29 is 18.8 Å². The second-order valence-corrected chi connectivity index (χ2v) is 6.81. The van der Waals surface area contributed by atoms with Crippen molar-refractivity contribution >= 4 is 23.5 Å². The second kappa shape index (κ2) is 6.82. The van der Waals surface area contributed by atoms with Crippen LogP contribution < -0.4 is 10.6 Å². The summed E-state index contributed by atoms with van der Waals surface area (Å²) in [7, 11) is 0. The summed E-state index contributed by atoms with van der Waals surface area (Å²) in [5.74, 6) is -0.755. The maximum Gasteiger partial charge on any atom is 0.325 e. The zero-order valence-corrected chi connectivity index (χ0v) is 14.2. The number of imide groups is 1. The number of amides is 4. The first-order valence-electron chi connectivity index (χ1n) is 8.63. The van der Waals surface area contributed by atoms with Crippen LogP contribution >= 0.6 is 0 Å². The van der Waals surface area contributed by atoms with Crippen LogP contribution in [0.1, 0.15) is 39.0 Å². The first-order chi connectivity index (χ1) is 11.9. The fraction of sp³-hybridized carbons (Fsp3) is 0.500. The monoisotopic (exact) mass is 347 g/mol. The SMILES string of the molecule is CCC1CCC2(CC1)NC(=O)N(CC(=O)Nc1cccc(F)c1)C2=O. The van der Waals surface area contributed by atoms with Crippen molar-refractivity contribution in [1.82, 2.24) is 10.2 Å². The van der Waals surface area contributed by atoms with E-state index in [-0.39, 0.29) is 18.1 Å². The molecule has 134 valence electrons. The Morgan fingerprint density at radius 3 is 2.72 bits per heavy atom. The summed E-state index contributed by atoms with van der Waals surface area (Å²) in [4.78, 5) is 38.0. The number of anilines is 1. The normalized spacial score (nSPS) is 26.0. The molecule has 1 heterocycles. The zero-order chi connectivity index (χ0) is 18.0. The third-order valence-corrected chi connectivity index (χ3v) is 5.19. The number of carbonyl (C=O) groups is 3. The van der Waals surface area contributed by atoms with Crippen LogP contribution in [-0.2, 0) is 9.59 Å². The largest absolute Gasteiger partial charge is 0.325 e. The smallest absolute Gasteiger partial charge is 0.324 e. The molecule has 0 radical (unpaired) electrons. The number of benzene rings is 1. The van der Waals surface area contributed by atoms with E-state index in [9.17, 15) is 18.8 Å². The van der Waals surface area contributed by atoms with E-state index in [0.29, 0.717) is 18.8 Å². The highest BCUT2D eigenvalue weighted by Gasteiger charge is 2.52. The van der Waals surface area contributed by atoms with Gasteiger partial charge in [-0.15, -0.1) is 0 Å². The standard InChI is InChI=1S/C18H22FN3O3/c1-2-12-6-8-18(9-7-12)16(24)22(17(25)21-18)11-15(23)20-14-5-3-4-13(19)10-14/h3-5,10,12H,2,6-9,11H2,1H3,(H,20,23)(H,21,25). The number of urea groups is 1. The number of halogens is 1. The van der Waals surface area contributed by atoms with Gasteiger partial charge in [0.05, 0.1) is 0 Å². The third kappa shape index (κ3) is 3.50. The molecule has 4 amide bonds. The summed E-state index contributed by atoms with van der Waals surface area (Å²) in [5.41, 5.74) is -0.572. The number of carbonyl (C=O) groups excluding carboxylic acids is 3. The molecule has 6 nitrogen and oxygen atoms in total. The van der Waals surface area contributed by atoms with Crippen molar-refractivity contribution in [2.24, 2.45) is 5.92 Å². The predicted molar refractivity (Wildman–Crippen MR) is 90.3 cm³/mol. The first kappa shape index (κ1) is 17.4. The Bertz CT molecular complexity index is 699. The van der Waals surface area contributed by atoms with Gasteiger partial charge in [0, 0.05) is 5.69 Å². The number of rotatable bonds is 4. The Kier molecular flexibility index (Phi) is 4.74. The van der Waals surface area contributed by atoms with Crippen molar-refractivity contribution in [2.45, 2.75) is 44.6 Å². The van der Waals surface area contributed by atoms with E-state index in [1.807, 2.05) is 0 Å². The van der Waals surface area contributed by atoms with Crippen LogP contribution in [0.3, 0.4) is 0 Å². The quantitative estimate of drug-likeness (QED) is 0.822. The summed E-state index contributed by atoms with van der Waals surface area (Å²) in [5, 5.41) is 5.29. The van der Waals surface area contributed by atoms with E-state index in [1.54, 1.807) is 6.07 Å². The van der Waals surface area contributed by atoms with Crippen LogP contribution in [0, 0.1) is 11.7 Å². The molecule has 2 N–H and O–H groups in total. The minimum atomic E-state index is -0.859. The van der Waals surface area contributed by atoms with Crippen molar-refractivity contribution in [3.8, 4) is 0 Å². The Labute approximate surface area is 145 Å². The van der Waals surface area contributed by atoms with Crippen LogP contribution in [0.2, 0.25) is 0 Å². The van der Waals surface area contributed by atoms with Crippen molar-refractivity contribution in [2.75, 3.05) is 11.9 Å². The van der Waals surface area contributed by atoms with Crippen LogP contribution in [-0.4, -0.2) is 34.8 Å². The summed E-state index contributed by atoms with van der Waals surface area (Å²) in [6.07, 6.45) is 4.08. The van der Waals surface area contributed by atoms with Crippen LogP contribution in [0.5, 0.6) is 0 Å². The average molecular weight is 347 g/mol. The lowest BCUT2D eigenvalue weighted by Crippen LogP contribution is -2.49.